The average Bonchev–Trinajstić information content (AvgIpc) is 2.70. The van der Waals surface area contributed by atoms with E-state index in [1.54, 1.807) is 24.4 Å². The minimum absolute atomic E-state index is 0.00371. The second-order valence-electron chi connectivity index (χ2n) is 7.21. The molecule has 0 saturated heterocycles. The van der Waals surface area contributed by atoms with Crippen LogP contribution in [0.4, 0.5) is 0 Å². The molecule has 3 heterocycles. The SMILES string of the molecule is O=C(NCCc1ccccn1)c1ccc2c(=O)n3c(nc2c1)CCCCCC3. The van der Waals surface area contributed by atoms with Crippen molar-refractivity contribution in [2.75, 3.05) is 6.54 Å². The first-order valence-electron chi connectivity index (χ1n) is 9.94. The number of nitrogens with one attached hydrogen (secondary N) is 1. The normalized spacial score (nSPS) is 14.1. The molecule has 6 heteroatoms. The van der Waals surface area contributed by atoms with Gasteiger partial charge in [0, 0.05) is 43.4 Å². The molecule has 0 saturated carbocycles. The summed E-state index contributed by atoms with van der Waals surface area (Å²) in [5.41, 5.74) is 2.07. The summed E-state index contributed by atoms with van der Waals surface area (Å²) in [5, 5.41) is 3.50. The van der Waals surface area contributed by atoms with E-state index in [0.717, 1.165) is 43.7 Å². The Hall–Kier alpha value is -3.02. The molecule has 0 spiro atoms. The van der Waals surface area contributed by atoms with Crippen molar-refractivity contribution in [3.8, 4) is 0 Å². The molecular formula is C22H24N4O2. The van der Waals surface area contributed by atoms with Gasteiger partial charge in [-0.05, 0) is 43.2 Å². The van der Waals surface area contributed by atoms with Gasteiger partial charge in [0.15, 0.2) is 0 Å². The van der Waals surface area contributed by atoms with Gasteiger partial charge < -0.3 is 5.32 Å². The van der Waals surface area contributed by atoms with Crippen molar-refractivity contribution in [2.24, 2.45) is 0 Å². The number of fused-ring (bicyclic) bond motifs is 2. The van der Waals surface area contributed by atoms with Gasteiger partial charge in [-0.1, -0.05) is 18.9 Å². The predicted octanol–water partition coefficient (Wildman–Crippen LogP) is 2.88. The summed E-state index contributed by atoms with van der Waals surface area (Å²) in [6.45, 7) is 1.24. The molecule has 28 heavy (non-hydrogen) atoms. The molecule has 1 aromatic carbocycles. The van der Waals surface area contributed by atoms with Crippen LogP contribution in [0.1, 0.15) is 47.6 Å². The van der Waals surface area contributed by atoms with Crippen LogP contribution in [0.5, 0.6) is 0 Å². The van der Waals surface area contributed by atoms with Crippen LogP contribution in [0, 0.1) is 0 Å². The second kappa shape index (κ2) is 8.33. The third-order valence-electron chi connectivity index (χ3n) is 5.22. The van der Waals surface area contributed by atoms with E-state index < -0.39 is 0 Å². The minimum atomic E-state index is -0.161. The van der Waals surface area contributed by atoms with Gasteiger partial charge in [0.05, 0.1) is 10.9 Å². The fourth-order valence-corrected chi connectivity index (χ4v) is 3.69. The van der Waals surface area contributed by atoms with E-state index >= 15 is 0 Å². The van der Waals surface area contributed by atoms with E-state index in [9.17, 15) is 9.59 Å². The Morgan fingerprint density at radius 3 is 2.86 bits per heavy atom. The Labute approximate surface area is 163 Å². The van der Waals surface area contributed by atoms with Gasteiger partial charge in [-0.3, -0.25) is 19.1 Å². The van der Waals surface area contributed by atoms with Crippen molar-refractivity contribution in [2.45, 2.75) is 45.1 Å². The van der Waals surface area contributed by atoms with E-state index in [2.05, 4.69) is 10.3 Å². The van der Waals surface area contributed by atoms with Crippen molar-refractivity contribution < 1.29 is 4.79 Å². The summed E-state index contributed by atoms with van der Waals surface area (Å²) in [6.07, 6.45) is 7.62. The fourth-order valence-electron chi connectivity index (χ4n) is 3.69. The average molecular weight is 376 g/mol. The van der Waals surface area contributed by atoms with E-state index in [1.165, 1.54) is 6.42 Å². The number of hydrogen-bond donors (Lipinski definition) is 1. The molecule has 1 amide bonds. The maximum atomic E-state index is 12.9. The summed E-state index contributed by atoms with van der Waals surface area (Å²) in [4.78, 5) is 34.4. The molecule has 1 aliphatic heterocycles. The Kier molecular flexibility index (Phi) is 5.46. The van der Waals surface area contributed by atoms with Crippen molar-refractivity contribution in [3.63, 3.8) is 0 Å². The monoisotopic (exact) mass is 376 g/mol. The maximum Gasteiger partial charge on any atom is 0.261 e. The largest absolute Gasteiger partial charge is 0.352 e. The highest BCUT2D eigenvalue weighted by Crippen LogP contribution is 2.16. The lowest BCUT2D eigenvalue weighted by molar-refractivity contribution is 0.0954. The zero-order valence-electron chi connectivity index (χ0n) is 15.9. The van der Waals surface area contributed by atoms with Crippen LogP contribution < -0.4 is 10.9 Å². The van der Waals surface area contributed by atoms with Gasteiger partial charge in [-0.15, -0.1) is 0 Å². The molecule has 0 unspecified atom stereocenters. The fraction of sp³-hybridized carbons (Fsp3) is 0.364. The Morgan fingerprint density at radius 1 is 1.11 bits per heavy atom. The number of benzene rings is 1. The highest BCUT2D eigenvalue weighted by atomic mass is 16.1. The summed E-state index contributed by atoms with van der Waals surface area (Å²) < 4.78 is 1.81. The van der Waals surface area contributed by atoms with Gasteiger partial charge in [0.2, 0.25) is 0 Å². The lowest BCUT2D eigenvalue weighted by Crippen LogP contribution is -2.28. The molecule has 0 radical (unpaired) electrons. The maximum absolute atomic E-state index is 12.9. The first-order valence-corrected chi connectivity index (χ1v) is 9.94. The molecule has 0 bridgehead atoms. The molecule has 144 valence electrons. The lowest BCUT2D eigenvalue weighted by Gasteiger charge is -2.16. The molecule has 4 rings (SSSR count). The summed E-state index contributed by atoms with van der Waals surface area (Å²) in [7, 11) is 0. The number of aromatic nitrogens is 3. The van der Waals surface area contributed by atoms with Crippen molar-refractivity contribution in [1.82, 2.24) is 19.9 Å². The van der Waals surface area contributed by atoms with Crippen LogP contribution in [-0.2, 0) is 19.4 Å². The van der Waals surface area contributed by atoms with E-state index in [0.29, 0.717) is 29.4 Å². The molecular weight excluding hydrogens is 352 g/mol. The molecule has 6 nitrogen and oxygen atoms in total. The van der Waals surface area contributed by atoms with E-state index in [4.69, 9.17) is 4.98 Å². The zero-order valence-corrected chi connectivity index (χ0v) is 15.9. The number of pyridine rings is 1. The smallest absolute Gasteiger partial charge is 0.261 e. The van der Waals surface area contributed by atoms with E-state index in [-0.39, 0.29) is 11.5 Å². The molecule has 1 aliphatic rings. The number of nitrogens with zero attached hydrogens (tertiary/aromatic N) is 3. The summed E-state index contributed by atoms with van der Waals surface area (Å²) in [6, 6.07) is 10.9. The van der Waals surface area contributed by atoms with Crippen LogP contribution in [0.3, 0.4) is 0 Å². The van der Waals surface area contributed by atoms with Crippen molar-refractivity contribution in [1.29, 1.82) is 0 Å². The first kappa shape index (κ1) is 18.3. The standard InChI is InChI=1S/C22H24N4O2/c27-21(24-13-11-17-7-4-5-12-23-17)16-9-10-18-19(15-16)25-20-8-3-1-2-6-14-26(20)22(18)28/h4-5,7,9-10,12,15H,1-3,6,8,11,13-14H2,(H,24,27). The van der Waals surface area contributed by atoms with Crippen LogP contribution in [0.25, 0.3) is 10.9 Å². The number of rotatable bonds is 4. The van der Waals surface area contributed by atoms with Crippen LogP contribution in [0.2, 0.25) is 0 Å². The number of carbonyl (C=O) groups is 1. The van der Waals surface area contributed by atoms with Gasteiger partial charge in [0.25, 0.3) is 11.5 Å². The Morgan fingerprint density at radius 2 is 2.00 bits per heavy atom. The quantitative estimate of drug-likeness (QED) is 0.760. The third-order valence-corrected chi connectivity index (χ3v) is 5.22. The molecule has 0 fully saturated rings. The number of carbonyl (C=O) groups excluding carboxylic acids is 1. The number of aryl methyl sites for hydroxylation is 1. The van der Waals surface area contributed by atoms with Gasteiger partial charge in [0.1, 0.15) is 5.82 Å². The molecule has 0 atom stereocenters. The predicted molar refractivity (Wildman–Crippen MR) is 108 cm³/mol. The number of hydrogen-bond acceptors (Lipinski definition) is 4. The molecule has 0 aliphatic carbocycles. The highest BCUT2D eigenvalue weighted by Gasteiger charge is 2.14. The summed E-state index contributed by atoms with van der Waals surface area (Å²) in [5.74, 6) is 0.677. The third kappa shape index (κ3) is 3.96. The minimum Gasteiger partial charge on any atom is -0.352 e. The molecule has 2 aromatic heterocycles. The zero-order chi connectivity index (χ0) is 19.3. The van der Waals surface area contributed by atoms with Crippen molar-refractivity contribution >= 4 is 16.8 Å². The lowest BCUT2D eigenvalue weighted by atomic mass is 10.1. The van der Waals surface area contributed by atoms with Gasteiger partial charge in [-0.25, -0.2) is 4.98 Å². The summed E-state index contributed by atoms with van der Waals surface area (Å²) >= 11 is 0. The van der Waals surface area contributed by atoms with E-state index in [1.807, 2.05) is 22.8 Å². The molecule has 1 N–H and O–H groups in total. The van der Waals surface area contributed by atoms with Crippen molar-refractivity contribution in [3.05, 3.63) is 70.0 Å². The van der Waals surface area contributed by atoms with Gasteiger partial charge in [-0.2, -0.15) is 0 Å². The molecule has 3 aromatic rings. The number of amides is 1. The van der Waals surface area contributed by atoms with Crippen LogP contribution >= 0.6 is 0 Å². The second-order valence-corrected chi connectivity index (χ2v) is 7.21. The van der Waals surface area contributed by atoms with Crippen LogP contribution in [-0.4, -0.2) is 27.0 Å². The first-order chi connectivity index (χ1) is 13.7. The Bertz CT molecular complexity index is 1040. The Balaban J connectivity index is 1.54. The highest BCUT2D eigenvalue weighted by molar-refractivity contribution is 5.97. The van der Waals surface area contributed by atoms with Crippen LogP contribution in [0.15, 0.2) is 47.4 Å². The van der Waals surface area contributed by atoms with Gasteiger partial charge >= 0.3 is 0 Å². The topological polar surface area (TPSA) is 76.9 Å².